The topological polar surface area (TPSA) is 55.6 Å². The Labute approximate surface area is 108 Å². The lowest BCUT2D eigenvalue weighted by Crippen LogP contribution is -2.22. The molecule has 4 nitrogen and oxygen atoms in total. The summed E-state index contributed by atoms with van der Waals surface area (Å²) in [5, 5.41) is 0. The predicted octanol–water partition coefficient (Wildman–Crippen LogP) is 1.89. The van der Waals surface area contributed by atoms with E-state index in [0.717, 1.165) is 37.2 Å². The molecular weight excluding hydrogens is 228 g/mol. The van der Waals surface area contributed by atoms with Crippen molar-refractivity contribution in [3.05, 3.63) is 23.3 Å². The zero-order chi connectivity index (χ0) is 13.1. The minimum atomic E-state index is -0.141. The molecule has 2 rings (SSSR count). The fourth-order valence-corrected chi connectivity index (χ4v) is 2.39. The SMILES string of the molecule is COC(=O)CCCN1CCc2cc(C)c(N)cc21. The molecule has 0 spiro atoms. The summed E-state index contributed by atoms with van der Waals surface area (Å²) in [7, 11) is 1.43. The molecule has 0 radical (unpaired) electrons. The van der Waals surface area contributed by atoms with Gasteiger partial charge in [-0.25, -0.2) is 0 Å². The molecule has 98 valence electrons. The molecule has 1 heterocycles. The molecule has 4 heteroatoms. The van der Waals surface area contributed by atoms with E-state index in [1.165, 1.54) is 18.4 Å². The molecule has 0 saturated heterocycles. The molecule has 0 saturated carbocycles. The first-order valence-corrected chi connectivity index (χ1v) is 6.32. The largest absolute Gasteiger partial charge is 0.469 e. The Morgan fingerprint density at radius 2 is 2.28 bits per heavy atom. The monoisotopic (exact) mass is 248 g/mol. The van der Waals surface area contributed by atoms with Crippen molar-refractivity contribution in [3.8, 4) is 0 Å². The van der Waals surface area contributed by atoms with Gasteiger partial charge in [-0.3, -0.25) is 4.79 Å². The smallest absolute Gasteiger partial charge is 0.305 e. The standard InChI is InChI=1S/C14H20N2O2/c1-10-8-11-5-7-16(13(11)9-12(10)15)6-3-4-14(17)18-2/h8-9H,3-7,15H2,1-2H3. The summed E-state index contributed by atoms with van der Waals surface area (Å²) in [5.41, 5.74) is 10.5. The number of aryl methyl sites for hydroxylation is 1. The number of methoxy groups -OCH3 is 1. The molecule has 18 heavy (non-hydrogen) atoms. The van der Waals surface area contributed by atoms with Crippen molar-refractivity contribution in [3.63, 3.8) is 0 Å². The van der Waals surface area contributed by atoms with Gasteiger partial charge in [0, 0.05) is 30.9 Å². The first-order valence-electron chi connectivity index (χ1n) is 6.32. The Morgan fingerprint density at radius 3 is 3.00 bits per heavy atom. The normalized spacial score (nSPS) is 13.6. The number of hydrogen-bond acceptors (Lipinski definition) is 4. The predicted molar refractivity (Wildman–Crippen MR) is 72.8 cm³/mol. The second-order valence-electron chi connectivity index (χ2n) is 4.75. The van der Waals surface area contributed by atoms with Gasteiger partial charge >= 0.3 is 5.97 Å². The first-order chi connectivity index (χ1) is 8.61. The van der Waals surface area contributed by atoms with Crippen molar-refractivity contribution in [2.24, 2.45) is 0 Å². The van der Waals surface area contributed by atoms with Crippen molar-refractivity contribution in [1.82, 2.24) is 0 Å². The number of nitrogens with two attached hydrogens (primary N) is 1. The van der Waals surface area contributed by atoms with Crippen molar-refractivity contribution < 1.29 is 9.53 Å². The number of hydrogen-bond donors (Lipinski definition) is 1. The van der Waals surface area contributed by atoms with Crippen LogP contribution in [0.5, 0.6) is 0 Å². The van der Waals surface area contributed by atoms with E-state index in [4.69, 9.17) is 5.73 Å². The zero-order valence-electron chi connectivity index (χ0n) is 11.0. The molecule has 2 N–H and O–H groups in total. The Hall–Kier alpha value is -1.71. The van der Waals surface area contributed by atoms with Crippen LogP contribution in [0.1, 0.15) is 24.0 Å². The molecule has 0 aromatic heterocycles. The summed E-state index contributed by atoms with van der Waals surface area (Å²) in [6.07, 6.45) is 2.36. The first kappa shape index (κ1) is 12.7. The molecule has 0 unspecified atom stereocenters. The molecule has 0 amide bonds. The van der Waals surface area contributed by atoms with Crippen LogP contribution in [-0.4, -0.2) is 26.2 Å². The third kappa shape index (κ3) is 2.58. The zero-order valence-corrected chi connectivity index (χ0v) is 11.0. The highest BCUT2D eigenvalue weighted by Crippen LogP contribution is 2.32. The van der Waals surface area contributed by atoms with Crippen LogP contribution in [0, 0.1) is 6.92 Å². The highest BCUT2D eigenvalue weighted by atomic mass is 16.5. The van der Waals surface area contributed by atoms with Crippen LogP contribution >= 0.6 is 0 Å². The molecule has 0 fully saturated rings. The fourth-order valence-electron chi connectivity index (χ4n) is 2.39. The van der Waals surface area contributed by atoms with Gasteiger partial charge in [0.25, 0.3) is 0 Å². The quantitative estimate of drug-likeness (QED) is 0.653. The molecule has 0 bridgehead atoms. The number of anilines is 2. The minimum Gasteiger partial charge on any atom is -0.469 e. The van der Waals surface area contributed by atoms with Crippen LogP contribution < -0.4 is 10.6 Å². The van der Waals surface area contributed by atoms with E-state index in [1.807, 2.05) is 6.92 Å². The van der Waals surface area contributed by atoms with Crippen LogP contribution in [0.2, 0.25) is 0 Å². The second-order valence-corrected chi connectivity index (χ2v) is 4.75. The number of benzene rings is 1. The maximum atomic E-state index is 11.1. The molecule has 1 aliphatic heterocycles. The van der Waals surface area contributed by atoms with Crippen molar-refractivity contribution in [2.75, 3.05) is 30.8 Å². The van der Waals surface area contributed by atoms with Gasteiger partial charge < -0.3 is 15.4 Å². The van der Waals surface area contributed by atoms with Crippen LogP contribution in [0.25, 0.3) is 0 Å². The number of carbonyl (C=O) groups excluding carboxylic acids is 1. The van der Waals surface area contributed by atoms with E-state index < -0.39 is 0 Å². The molecular formula is C14H20N2O2. The summed E-state index contributed by atoms with van der Waals surface area (Å²) >= 11 is 0. The highest BCUT2D eigenvalue weighted by Gasteiger charge is 2.19. The Morgan fingerprint density at radius 1 is 1.50 bits per heavy atom. The van der Waals surface area contributed by atoms with Crippen molar-refractivity contribution in [2.45, 2.75) is 26.2 Å². The lowest BCUT2D eigenvalue weighted by molar-refractivity contribution is -0.140. The number of esters is 1. The Balaban J connectivity index is 1.99. The molecule has 1 aromatic carbocycles. The average Bonchev–Trinajstić information content (AvgIpc) is 2.72. The number of ether oxygens (including phenoxy) is 1. The second kappa shape index (κ2) is 5.29. The van der Waals surface area contributed by atoms with Crippen molar-refractivity contribution in [1.29, 1.82) is 0 Å². The Bertz CT molecular complexity index is 457. The van der Waals surface area contributed by atoms with Crippen LogP contribution in [-0.2, 0) is 16.0 Å². The van der Waals surface area contributed by atoms with E-state index in [-0.39, 0.29) is 5.97 Å². The number of carbonyl (C=O) groups is 1. The van der Waals surface area contributed by atoms with Gasteiger partial charge in [-0.15, -0.1) is 0 Å². The maximum Gasteiger partial charge on any atom is 0.305 e. The van der Waals surface area contributed by atoms with Gasteiger partial charge in [-0.2, -0.15) is 0 Å². The van der Waals surface area contributed by atoms with E-state index in [2.05, 4.69) is 21.8 Å². The van der Waals surface area contributed by atoms with Gasteiger partial charge in [0.2, 0.25) is 0 Å². The van der Waals surface area contributed by atoms with Gasteiger partial charge in [-0.05, 0) is 37.0 Å². The van der Waals surface area contributed by atoms with Crippen LogP contribution in [0.4, 0.5) is 11.4 Å². The lowest BCUT2D eigenvalue weighted by Gasteiger charge is -2.19. The summed E-state index contributed by atoms with van der Waals surface area (Å²) < 4.78 is 4.64. The summed E-state index contributed by atoms with van der Waals surface area (Å²) in [6, 6.07) is 4.22. The van der Waals surface area contributed by atoms with Crippen molar-refractivity contribution >= 4 is 17.3 Å². The van der Waals surface area contributed by atoms with Gasteiger partial charge in [0.15, 0.2) is 0 Å². The van der Waals surface area contributed by atoms with Gasteiger partial charge in [0.1, 0.15) is 0 Å². The number of nitrogens with zero attached hydrogens (tertiary/aromatic N) is 1. The Kier molecular flexibility index (Phi) is 3.75. The fraction of sp³-hybridized carbons (Fsp3) is 0.500. The molecule has 0 atom stereocenters. The summed E-state index contributed by atoms with van der Waals surface area (Å²) in [6.45, 7) is 3.93. The lowest BCUT2D eigenvalue weighted by atomic mass is 10.1. The molecule has 1 aliphatic rings. The van der Waals surface area contributed by atoms with Gasteiger partial charge in [0.05, 0.1) is 7.11 Å². The molecule has 0 aliphatic carbocycles. The average molecular weight is 248 g/mol. The third-order valence-electron chi connectivity index (χ3n) is 3.50. The van der Waals surface area contributed by atoms with Crippen LogP contribution in [0.15, 0.2) is 12.1 Å². The number of fused-ring (bicyclic) bond motifs is 1. The van der Waals surface area contributed by atoms with Gasteiger partial charge in [-0.1, -0.05) is 6.07 Å². The molecule has 1 aromatic rings. The van der Waals surface area contributed by atoms with E-state index in [9.17, 15) is 4.79 Å². The van der Waals surface area contributed by atoms with Crippen LogP contribution in [0.3, 0.4) is 0 Å². The highest BCUT2D eigenvalue weighted by molar-refractivity contribution is 5.69. The minimum absolute atomic E-state index is 0.141. The van der Waals surface area contributed by atoms with E-state index >= 15 is 0 Å². The summed E-state index contributed by atoms with van der Waals surface area (Å²) in [4.78, 5) is 13.4. The van der Waals surface area contributed by atoms with E-state index in [0.29, 0.717) is 6.42 Å². The van der Waals surface area contributed by atoms with E-state index in [1.54, 1.807) is 0 Å². The number of nitrogen functional groups attached to an aromatic ring is 1. The summed E-state index contributed by atoms with van der Waals surface area (Å²) in [5.74, 6) is -0.141. The number of rotatable bonds is 4. The maximum absolute atomic E-state index is 11.1. The third-order valence-corrected chi connectivity index (χ3v) is 3.50.